The lowest BCUT2D eigenvalue weighted by Gasteiger charge is -2.30. The molecule has 1 aliphatic rings. The molecule has 3 N–H and O–H groups in total. The molecular weight excluding hydrogens is 472 g/mol. The molecule has 2 aromatic rings. The normalized spacial score (nSPS) is 16.3. The Bertz CT molecular complexity index is 978. The van der Waals surface area contributed by atoms with Crippen molar-refractivity contribution in [3.05, 3.63) is 71.8 Å². The van der Waals surface area contributed by atoms with Gasteiger partial charge in [0.25, 0.3) is 0 Å². The zero-order chi connectivity index (χ0) is 26.5. The van der Waals surface area contributed by atoms with Crippen molar-refractivity contribution in [2.24, 2.45) is 5.92 Å². The van der Waals surface area contributed by atoms with E-state index in [1.165, 1.54) is 7.11 Å². The fraction of sp³-hybridized carbons (Fsp3) is 0.483. The molecule has 8 heteroatoms. The van der Waals surface area contributed by atoms with Gasteiger partial charge in [0.05, 0.1) is 25.7 Å². The number of carbonyl (C=O) groups excluding carboxylic acids is 3. The van der Waals surface area contributed by atoms with Crippen LogP contribution in [-0.4, -0.2) is 61.4 Å². The van der Waals surface area contributed by atoms with E-state index in [1.807, 2.05) is 60.7 Å². The molecule has 0 aliphatic carbocycles. The number of nitrogens with one attached hydrogen (secondary N) is 2. The van der Waals surface area contributed by atoms with Gasteiger partial charge in [0, 0.05) is 31.6 Å². The maximum Gasteiger partial charge on any atom is 0.306 e. The van der Waals surface area contributed by atoms with Crippen LogP contribution in [-0.2, 0) is 36.7 Å². The van der Waals surface area contributed by atoms with Crippen LogP contribution in [0.15, 0.2) is 60.7 Å². The molecule has 0 unspecified atom stereocenters. The van der Waals surface area contributed by atoms with Crippen molar-refractivity contribution in [2.45, 2.75) is 63.1 Å². The first-order valence-corrected chi connectivity index (χ1v) is 12.9. The Hall–Kier alpha value is -3.23. The van der Waals surface area contributed by atoms with Gasteiger partial charge in [-0.15, -0.1) is 0 Å². The molecule has 3 atom stereocenters. The third kappa shape index (κ3) is 9.98. The predicted molar refractivity (Wildman–Crippen MR) is 140 cm³/mol. The molecule has 2 aromatic carbocycles. The lowest BCUT2D eigenvalue weighted by atomic mass is 9.92. The summed E-state index contributed by atoms with van der Waals surface area (Å²) in [6.07, 6.45) is 1.61. The first kappa shape index (κ1) is 28.3. The predicted octanol–water partition coefficient (Wildman–Crippen LogP) is 2.57. The van der Waals surface area contributed by atoms with Crippen molar-refractivity contribution < 1.29 is 29.0 Å². The van der Waals surface area contributed by atoms with E-state index < -0.39 is 18.1 Å². The van der Waals surface area contributed by atoms with Crippen LogP contribution in [0.1, 0.15) is 43.2 Å². The first-order valence-electron chi connectivity index (χ1n) is 12.9. The minimum atomic E-state index is -0.925. The van der Waals surface area contributed by atoms with E-state index in [0.29, 0.717) is 38.9 Å². The summed E-state index contributed by atoms with van der Waals surface area (Å²) >= 11 is 0. The van der Waals surface area contributed by atoms with Crippen LogP contribution in [0.5, 0.6) is 0 Å². The van der Waals surface area contributed by atoms with Gasteiger partial charge in [-0.25, -0.2) is 0 Å². The van der Waals surface area contributed by atoms with Gasteiger partial charge in [-0.3, -0.25) is 14.4 Å². The fourth-order valence-corrected chi connectivity index (χ4v) is 4.57. The van der Waals surface area contributed by atoms with Crippen molar-refractivity contribution in [1.82, 2.24) is 10.6 Å². The van der Waals surface area contributed by atoms with Gasteiger partial charge >= 0.3 is 5.97 Å². The van der Waals surface area contributed by atoms with Gasteiger partial charge in [-0.1, -0.05) is 60.7 Å². The van der Waals surface area contributed by atoms with Gasteiger partial charge in [0.2, 0.25) is 11.8 Å². The molecule has 1 fully saturated rings. The van der Waals surface area contributed by atoms with E-state index in [0.717, 1.165) is 11.1 Å². The Morgan fingerprint density at radius 2 is 1.51 bits per heavy atom. The number of carbonyl (C=O) groups is 3. The van der Waals surface area contributed by atoms with Crippen LogP contribution >= 0.6 is 0 Å². The van der Waals surface area contributed by atoms with Crippen molar-refractivity contribution >= 4 is 17.8 Å². The molecule has 0 spiro atoms. The van der Waals surface area contributed by atoms with Crippen LogP contribution in [0.25, 0.3) is 0 Å². The van der Waals surface area contributed by atoms with E-state index in [1.54, 1.807) is 0 Å². The quantitative estimate of drug-likeness (QED) is 0.357. The van der Waals surface area contributed by atoms with E-state index in [-0.39, 0.29) is 43.0 Å². The molecule has 0 bridgehead atoms. The Morgan fingerprint density at radius 3 is 2.11 bits per heavy atom. The van der Waals surface area contributed by atoms with Crippen LogP contribution < -0.4 is 10.6 Å². The summed E-state index contributed by atoms with van der Waals surface area (Å²) in [7, 11) is 1.28. The van der Waals surface area contributed by atoms with Gasteiger partial charge in [0.1, 0.15) is 0 Å². The Balaban J connectivity index is 1.72. The zero-order valence-corrected chi connectivity index (χ0v) is 21.4. The highest BCUT2D eigenvalue weighted by atomic mass is 16.5. The second-order valence-electron chi connectivity index (χ2n) is 9.52. The number of aliphatic hydroxyl groups excluding tert-OH is 1. The monoisotopic (exact) mass is 510 g/mol. The number of rotatable bonds is 13. The highest BCUT2D eigenvalue weighted by Crippen LogP contribution is 2.18. The molecule has 2 amide bonds. The standard InChI is InChI=1S/C29H38N2O6/c1-36-28(34)13-12-27(33)31-25(19-22-10-6-3-7-11-22)26(32)20-24(18-21-8-4-2-5-9-21)30-29(35)23-14-16-37-17-15-23/h2-11,23-26,32H,12-20H2,1H3,(H,30,35)(H,31,33)/t24-,25-,26-/m0/s1. The lowest BCUT2D eigenvalue weighted by molar-refractivity contribution is -0.142. The molecule has 3 rings (SSSR count). The molecule has 1 aliphatic heterocycles. The van der Waals surface area contributed by atoms with Crippen molar-refractivity contribution in [3.8, 4) is 0 Å². The van der Waals surface area contributed by atoms with Gasteiger partial charge in [-0.05, 0) is 43.2 Å². The van der Waals surface area contributed by atoms with Gasteiger partial charge in [-0.2, -0.15) is 0 Å². The first-order chi connectivity index (χ1) is 17.9. The highest BCUT2D eigenvalue weighted by Gasteiger charge is 2.29. The summed E-state index contributed by atoms with van der Waals surface area (Å²) in [5.74, 6) is -0.939. The highest BCUT2D eigenvalue weighted by molar-refractivity contribution is 5.81. The second kappa shape index (κ2) is 15.1. The van der Waals surface area contributed by atoms with E-state index in [2.05, 4.69) is 15.4 Å². The van der Waals surface area contributed by atoms with E-state index >= 15 is 0 Å². The summed E-state index contributed by atoms with van der Waals surface area (Å²) in [6, 6.07) is 18.5. The Kier molecular flexibility index (Phi) is 11.6. The lowest BCUT2D eigenvalue weighted by Crippen LogP contribution is -2.49. The third-order valence-corrected chi connectivity index (χ3v) is 6.68. The minimum absolute atomic E-state index is 0.0292. The SMILES string of the molecule is COC(=O)CCC(=O)N[C@@H](Cc1ccccc1)[C@@H](O)C[C@H](Cc1ccccc1)NC(=O)C1CCOCC1. The van der Waals surface area contributed by atoms with Gasteiger partial charge < -0.3 is 25.2 Å². The summed E-state index contributed by atoms with van der Waals surface area (Å²) in [6.45, 7) is 1.14. The molecule has 37 heavy (non-hydrogen) atoms. The van der Waals surface area contributed by atoms with Crippen LogP contribution in [0.2, 0.25) is 0 Å². The average Bonchev–Trinajstić information content (AvgIpc) is 2.92. The second-order valence-corrected chi connectivity index (χ2v) is 9.52. The molecule has 0 radical (unpaired) electrons. The zero-order valence-electron chi connectivity index (χ0n) is 21.4. The number of methoxy groups -OCH3 is 1. The number of ether oxygens (including phenoxy) is 2. The molecular formula is C29H38N2O6. The number of benzene rings is 2. The maximum absolute atomic E-state index is 13.0. The summed E-state index contributed by atoms with van der Waals surface area (Å²) in [5, 5.41) is 17.4. The van der Waals surface area contributed by atoms with Gasteiger partial charge in [0.15, 0.2) is 0 Å². The van der Waals surface area contributed by atoms with Crippen molar-refractivity contribution in [3.63, 3.8) is 0 Å². The molecule has 0 aromatic heterocycles. The molecule has 1 saturated heterocycles. The summed E-state index contributed by atoms with van der Waals surface area (Å²) < 4.78 is 10.0. The number of aliphatic hydroxyl groups is 1. The van der Waals surface area contributed by atoms with Crippen molar-refractivity contribution in [1.29, 1.82) is 0 Å². The Morgan fingerprint density at radius 1 is 0.919 bits per heavy atom. The largest absolute Gasteiger partial charge is 0.469 e. The minimum Gasteiger partial charge on any atom is -0.469 e. The smallest absolute Gasteiger partial charge is 0.306 e. The third-order valence-electron chi connectivity index (χ3n) is 6.68. The maximum atomic E-state index is 13.0. The van der Waals surface area contributed by atoms with Crippen LogP contribution in [0.3, 0.4) is 0 Å². The number of amides is 2. The summed E-state index contributed by atoms with van der Waals surface area (Å²) in [5.41, 5.74) is 2.01. The van der Waals surface area contributed by atoms with Crippen LogP contribution in [0, 0.1) is 5.92 Å². The van der Waals surface area contributed by atoms with E-state index in [9.17, 15) is 19.5 Å². The van der Waals surface area contributed by atoms with Crippen LogP contribution in [0.4, 0.5) is 0 Å². The topological polar surface area (TPSA) is 114 Å². The Labute approximate surface area is 218 Å². The van der Waals surface area contributed by atoms with E-state index in [4.69, 9.17) is 4.74 Å². The fourth-order valence-electron chi connectivity index (χ4n) is 4.57. The number of esters is 1. The molecule has 8 nitrogen and oxygen atoms in total. The molecule has 1 heterocycles. The molecule has 200 valence electrons. The number of hydrogen-bond acceptors (Lipinski definition) is 6. The molecule has 0 saturated carbocycles. The van der Waals surface area contributed by atoms with Crippen molar-refractivity contribution in [2.75, 3.05) is 20.3 Å². The number of hydrogen-bond donors (Lipinski definition) is 3. The average molecular weight is 511 g/mol. The summed E-state index contributed by atoms with van der Waals surface area (Å²) in [4.78, 5) is 37.1.